The first-order valence-electron chi connectivity index (χ1n) is 4.26. The molecule has 2 N–H and O–H groups in total. The highest BCUT2D eigenvalue weighted by Gasteiger charge is 2.15. The van der Waals surface area contributed by atoms with E-state index < -0.39 is 11.5 Å². The summed E-state index contributed by atoms with van der Waals surface area (Å²) in [6, 6.07) is 1.33. The molecule has 0 saturated heterocycles. The van der Waals surface area contributed by atoms with Crippen LogP contribution in [0.4, 0.5) is 0 Å². The minimum atomic E-state index is -0.574. The van der Waals surface area contributed by atoms with Crippen LogP contribution < -0.4 is 10.9 Å². The van der Waals surface area contributed by atoms with E-state index in [1.54, 1.807) is 6.92 Å². The zero-order valence-corrected chi connectivity index (χ0v) is 8.07. The molecule has 5 nitrogen and oxygen atoms in total. The number of aromatic nitrogens is 1. The molecule has 1 aromatic rings. The maximum atomic E-state index is 11.6. The molecule has 5 heteroatoms. The topological polar surface area (TPSA) is 71.3 Å². The third kappa shape index (κ3) is 1.61. The molecule has 14 heavy (non-hydrogen) atoms. The average Bonchev–Trinajstić information content (AvgIpc) is 2.18. The highest BCUT2D eigenvalue weighted by molar-refractivity contribution is 5.96. The fourth-order valence-corrected chi connectivity index (χ4v) is 1.15. The zero-order chi connectivity index (χ0) is 10.7. The first-order valence-corrected chi connectivity index (χ1v) is 4.26. The summed E-state index contributed by atoms with van der Waals surface area (Å²) in [4.78, 5) is 22.8. The lowest BCUT2D eigenvalue weighted by Crippen LogP contribution is -2.30. The Morgan fingerprint density at radius 1 is 1.64 bits per heavy atom. The molecule has 0 unspecified atom stereocenters. The van der Waals surface area contributed by atoms with Crippen LogP contribution in [0.15, 0.2) is 17.1 Å². The van der Waals surface area contributed by atoms with Gasteiger partial charge in [-0.2, -0.15) is 0 Å². The summed E-state index contributed by atoms with van der Waals surface area (Å²) in [6.07, 6.45) is 1.45. The van der Waals surface area contributed by atoms with Crippen LogP contribution in [0.5, 0.6) is 5.75 Å². The van der Waals surface area contributed by atoms with E-state index in [-0.39, 0.29) is 11.3 Å². The fourth-order valence-electron chi connectivity index (χ4n) is 1.15. The maximum Gasteiger partial charge on any atom is 0.267 e. The number of nitrogens with one attached hydrogen (secondary N) is 1. The Bertz CT molecular complexity index is 409. The molecule has 0 saturated carbocycles. The average molecular weight is 196 g/mol. The second-order valence-corrected chi connectivity index (χ2v) is 2.75. The Morgan fingerprint density at radius 2 is 2.29 bits per heavy atom. The van der Waals surface area contributed by atoms with Gasteiger partial charge in [0.1, 0.15) is 11.3 Å². The lowest BCUT2D eigenvalue weighted by molar-refractivity contribution is 0.0958. The van der Waals surface area contributed by atoms with Gasteiger partial charge in [0.05, 0.1) is 0 Å². The summed E-state index contributed by atoms with van der Waals surface area (Å²) in [5, 5.41) is 11.6. The van der Waals surface area contributed by atoms with Crippen molar-refractivity contribution in [3.8, 4) is 5.75 Å². The van der Waals surface area contributed by atoms with Crippen LogP contribution in [0, 0.1) is 0 Å². The van der Waals surface area contributed by atoms with E-state index in [0.29, 0.717) is 6.54 Å². The number of pyridine rings is 1. The van der Waals surface area contributed by atoms with Crippen LogP contribution in [0.2, 0.25) is 0 Å². The number of aryl methyl sites for hydroxylation is 1. The molecule has 1 heterocycles. The standard InChI is InChI=1S/C9H12N2O3/c1-3-11-5-4-6(12)7(9(11)14)8(13)10-2/h4-5,12H,3H2,1-2H3,(H,10,13). The predicted molar refractivity (Wildman–Crippen MR) is 51.4 cm³/mol. The quantitative estimate of drug-likeness (QED) is 0.695. The van der Waals surface area contributed by atoms with Crippen molar-refractivity contribution >= 4 is 5.91 Å². The summed E-state index contributed by atoms with van der Waals surface area (Å²) in [5.74, 6) is -0.866. The minimum absolute atomic E-state index is 0.211. The van der Waals surface area contributed by atoms with Gasteiger partial charge in [0.2, 0.25) is 0 Å². The van der Waals surface area contributed by atoms with Crippen molar-refractivity contribution in [2.24, 2.45) is 0 Å². The lowest BCUT2D eigenvalue weighted by atomic mass is 10.2. The van der Waals surface area contributed by atoms with Crippen molar-refractivity contribution in [3.05, 3.63) is 28.2 Å². The molecule has 0 aliphatic heterocycles. The van der Waals surface area contributed by atoms with Crippen molar-refractivity contribution in [1.82, 2.24) is 9.88 Å². The predicted octanol–water partition coefficient (Wildman–Crippen LogP) is -0.0666. The first kappa shape index (κ1) is 10.3. The second kappa shape index (κ2) is 3.95. The zero-order valence-electron chi connectivity index (χ0n) is 8.07. The Morgan fingerprint density at radius 3 is 2.79 bits per heavy atom. The molecule has 1 rings (SSSR count). The summed E-state index contributed by atoms with van der Waals surface area (Å²) >= 11 is 0. The molecule has 0 radical (unpaired) electrons. The number of aromatic hydroxyl groups is 1. The number of carbonyl (C=O) groups is 1. The van der Waals surface area contributed by atoms with Gasteiger partial charge in [-0.1, -0.05) is 0 Å². The molecule has 0 atom stereocenters. The van der Waals surface area contributed by atoms with Gasteiger partial charge in [0.15, 0.2) is 0 Å². The van der Waals surface area contributed by atoms with Crippen molar-refractivity contribution in [2.75, 3.05) is 7.05 Å². The van der Waals surface area contributed by atoms with Crippen LogP contribution in [-0.2, 0) is 6.54 Å². The number of carbonyl (C=O) groups excluding carboxylic acids is 1. The number of hydrogen-bond acceptors (Lipinski definition) is 3. The van der Waals surface area contributed by atoms with Gasteiger partial charge >= 0.3 is 0 Å². The number of hydrogen-bond donors (Lipinski definition) is 2. The molecule has 76 valence electrons. The summed E-state index contributed by atoms with van der Waals surface area (Å²) in [7, 11) is 1.41. The van der Waals surface area contributed by atoms with Gasteiger partial charge in [0.25, 0.3) is 11.5 Å². The number of amides is 1. The van der Waals surface area contributed by atoms with Crippen LogP contribution in [0.3, 0.4) is 0 Å². The molecular formula is C9H12N2O3. The molecule has 0 aromatic carbocycles. The first-order chi connectivity index (χ1) is 6.61. The Kier molecular flexibility index (Phi) is 2.91. The van der Waals surface area contributed by atoms with Crippen LogP contribution in [0.1, 0.15) is 17.3 Å². The normalized spacial score (nSPS) is 9.86. The van der Waals surface area contributed by atoms with E-state index >= 15 is 0 Å². The molecule has 0 spiro atoms. The Hall–Kier alpha value is -1.78. The SMILES string of the molecule is CCn1ccc(O)c(C(=O)NC)c1=O. The fraction of sp³-hybridized carbons (Fsp3) is 0.333. The summed E-state index contributed by atoms with van der Waals surface area (Å²) < 4.78 is 1.35. The maximum absolute atomic E-state index is 11.6. The van der Waals surface area contributed by atoms with Gasteiger partial charge < -0.3 is 15.0 Å². The highest BCUT2D eigenvalue weighted by atomic mass is 16.3. The molecule has 0 aliphatic rings. The van der Waals surface area contributed by atoms with E-state index in [2.05, 4.69) is 5.32 Å². The van der Waals surface area contributed by atoms with Crippen molar-refractivity contribution in [1.29, 1.82) is 0 Å². The summed E-state index contributed by atoms with van der Waals surface area (Å²) in [5.41, 5.74) is -0.691. The van der Waals surface area contributed by atoms with E-state index in [1.165, 1.54) is 23.9 Å². The van der Waals surface area contributed by atoms with Gasteiger partial charge in [-0.3, -0.25) is 9.59 Å². The van der Waals surface area contributed by atoms with Crippen LogP contribution >= 0.6 is 0 Å². The monoisotopic (exact) mass is 196 g/mol. The van der Waals surface area contributed by atoms with Crippen LogP contribution in [-0.4, -0.2) is 22.6 Å². The molecular weight excluding hydrogens is 184 g/mol. The van der Waals surface area contributed by atoms with Gasteiger partial charge in [-0.25, -0.2) is 0 Å². The lowest BCUT2D eigenvalue weighted by Gasteiger charge is -2.06. The van der Waals surface area contributed by atoms with Gasteiger partial charge in [-0.05, 0) is 13.0 Å². The second-order valence-electron chi connectivity index (χ2n) is 2.75. The number of rotatable bonds is 2. The highest BCUT2D eigenvalue weighted by Crippen LogP contribution is 2.10. The van der Waals surface area contributed by atoms with E-state index in [0.717, 1.165) is 0 Å². The van der Waals surface area contributed by atoms with Crippen molar-refractivity contribution in [2.45, 2.75) is 13.5 Å². The number of nitrogens with zero attached hydrogens (tertiary/aromatic N) is 1. The third-order valence-corrected chi connectivity index (χ3v) is 1.94. The van der Waals surface area contributed by atoms with E-state index in [9.17, 15) is 14.7 Å². The molecule has 0 bridgehead atoms. The summed E-state index contributed by atoms with van der Waals surface area (Å²) in [6.45, 7) is 2.25. The van der Waals surface area contributed by atoms with Crippen molar-refractivity contribution in [3.63, 3.8) is 0 Å². The molecule has 0 fully saturated rings. The Labute approximate surface area is 81.0 Å². The van der Waals surface area contributed by atoms with Gasteiger partial charge in [-0.15, -0.1) is 0 Å². The smallest absolute Gasteiger partial charge is 0.267 e. The largest absolute Gasteiger partial charge is 0.507 e. The minimum Gasteiger partial charge on any atom is -0.507 e. The third-order valence-electron chi connectivity index (χ3n) is 1.94. The van der Waals surface area contributed by atoms with E-state index in [1.807, 2.05) is 0 Å². The molecule has 1 amide bonds. The van der Waals surface area contributed by atoms with Crippen LogP contribution in [0.25, 0.3) is 0 Å². The van der Waals surface area contributed by atoms with E-state index in [4.69, 9.17) is 0 Å². The molecule has 0 aliphatic carbocycles. The van der Waals surface area contributed by atoms with Gasteiger partial charge in [0, 0.05) is 19.8 Å². The van der Waals surface area contributed by atoms with Crippen molar-refractivity contribution < 1.29 is 9.90 Å². The Balaban J connectivity index is 3.40. The molecule has 1 aromatic heterocycles.